The minimum Gasteiger partial charge on any atom is -0.481 e. The molecule has 3 rings (SSSR count). The first-order chi connectivity index (χ1) is 12.1. The summed E-state index contributed by atoms with van der Waals surface area (Å²) in [6.45, 7) is 5.55. The number of ether oxygens (including phenoxy) is 1. The SMILES string of the molecule is Cc1ccc(O[C@@H](C)C(=O)N2CCC(Cc3ccccc3)CC2)cc1. The Labute approximate surface area is 150 Å². The van der Waals surface area contributed by atoms with Crippen LogP contribution in [0, 0.1) is 12.8 Å². The zero-order valence-corrected chi connectivity index (χ0v) is 15.2. The summed E-state index contributed by atoms with van der Waals surface area (Å²) in [5.41, 5.74) is 2.58. The van der Waals surface area contributed by atoms with Crippen LogP contribution in [0.15, 0.2) is 54.6 Å². The molecule has 0 aromatic heterocycles. The maximum Gasteiger partial charge on any atom is 0.263 e. The lowest BCUT2D eigenvalue weighted by Gasteiger charge is -2.33. The van der Waals surface area contributed by atoms with Crippen LogP contribution in [0.4, 0.5) is 0 Å². The van der Waals surface area contributed by atoms with Gasteiger partial charge in [-0.3, -0.25) is 4.79 Å². The summed E-state index contributed by atoms with van der Waals surface area (Å²) in [6.07, 6.45) is 2.81. The second kappa shape index (κ2) is 8.19. The van der Waals surface area contributed by atoms with E-state index in [9.17, 15) is 4.79 Å². The molecule has 3 heteroatoms. The van der Waals surface area contributed by atoms with E-state index in [1.165, 1.54) is 11.1 Å². The number of nitrogens with zero attached hydrogens (tertiary/aromatic N) is 1. The maximum atomic E-state index is 12.6. The van der Waals surface area contributed by atoms with Gasteiger partial charge in [0.05, 0.1) is 0 Å². The molecular formula is C22H27NO2. The lowest BCUT2D eigenvalue weighted by atomic mass is 9.90. The first kappa shape index (κ1) is 17.5. The third-order valence-electron chi connectivity index (χ3n) is 4.98. The number of rotatable bonds is 5. The van der Waals surface area contributed by atoms with E-state index in [0.717, 1.165) is 38.1 Å². The molecule has 0 radical (unpaired) electrons. The van der Waals surface area contributed by atoms with Crippen molar-refractivity contribution in [3.63, 3.8) is 0 Å². The minimum atomic E-state index is -0.437. The van der Waals surface area contributed by atoms with Crippen molar-refractivity contribution in [1.29, 1.82) is 0 Å². The van der Waals surface area contributed by atoms with Crippen molar-refractivity contribution in [3.8, 4) is 5.75 Å². The Morgan fingerprint density at radius 2 is 1.72 bits per heavy atom. The molecular weight excluding hydrogens is 310 g/mol. The number of piperidine rings is 1. The van der Waals surface area contributed by atoms with Gasteiger partial charge in [-0.25, -0.2) is 0 Å². The van der Waals surface area contributed by atoms with Gasteiger partial charge in [-0.05, 0) is 56.7 Å². The Balaban J connectivity index is 1.48. The standard InChI is InChI=1S/C22H27NO2/c1-17-8-10-21(11-9-17)25-18(2)22(24)23-14-12-20(13-15-23)16-19-6-4-3-5-7-19/h3-11,18,20H,12-16H2,1-2H3/t18-/m0/s1. The maximum absolute atomic E-state index is 12.6. The predicted molar refractivity (Wildman–Crippen MR) is 101 cm³/mol. The number of hydrogen-bond donors (Lipinski definition) is 0. The molecule has 25 heavy (non-hydrogen) atoms. The lowest BCUT2D eigenvalue weighted by Crippen LogP contribution is -2.45. The number of benzene rings is 2. The van der Waals surface area contributed by atoms with Gasteiger partial charge in [-0.2, -0.15) is 0 Å². The van der Waals surface area contributed by atoms with E-state index in [0.29, 0.717) is 5.92 Å². The van der Waals surface area contributed by atoms with Gasteiger partial charge in [0.15, 0.2) is 6.10 Å². The Morgan fingerprint density at radius 1 is 1.08 bits per heavy atom. The number of amides is 1. The van der Waals surface area contributed by atoms with Crippen LogP contribution < -0.4 is 4.74 Å². The number of hydrogen-bond acceptors (Lipinski definition) is 2. The van der Waals surface area contributed by atoms with Crippen LogP contribution >= 0.6 is 0 Å². The van der Waals surface area contributed by atoms with Gasteiger partial charge in [0.25, 0.3) is 5.91 Å². The number of carbonyl (C=O) groups is 1. The van der Waals surface area contributed by atoms with E-state index < -0.39 is 6.10 Å². The second-order valence-electron chi connectivity index (χ2n) is 7.03. The van der Waals surface area contributed by atoms with Gasteiger partial charge in [-0.1, -0.05) is 48.0 Å². The molecule has 1 fully saturated rings. The zero-order chi connectivity index (χ0) is 17.6. The van der Waals surface area contributed by atoms with Gasteiger partial charge in [0.2, 0.25) is 0 Å². The van der Waals surface area contributed by atoms with Crippen LogP contribution in [0.3, 0.4) is 0 Å². The molecule has 0 saturated carbocycles. The average molecular weight is 337 g/mol. The summed E-state index contributed by atoms with van der Waals surface area (Å²) < 4.78 is 5.82. The monoisotopic (exact) mass is 337 g/mol. The van der Waals surface area contributed by atoms with Crippen LogP contribution in [0.25, 0.3) is 0 Å². The van der Waals surface area contributed by atoms with Gasteiger partial charge in [0, 0.05) is 13.1 Å². The lowest BCUT2D eigenvalue weighted by molar-refractivity contribution is -0.139. The molecule has 1 amide bonds. The molecule has 0 aliphatic carbocycles. The fourth-order valence-electron chi connectivity index (χ4n) is 3.43. The molecule has 0 N–H and O–H groups in total. The fourth-order valence-corrected chi connectivity index (χ4v) is 3.43. The first-order valence-corrected chi connectivity index (χ1v) is 9.18. The quantitative estimate of drug-likeness (QED) is 0.816. The van der Waals surface area contributed by atoms with Crippen molar-refractivity contribution < 1.29 is 9.53 Å². The van der Waals surface area contributed by atoms with Crippen molar-refractivity contribution in [2.24, 2.45) is 5.92 Å². The molecule has 1 saturated heterocycles. The Bertz CT molecular complexity index is 673. The molecule has 3 nitrogen and oxygen atoms in total. The third-order valence-corrected chi connectivity index (χ3v) is 4.98. The highest BCUT2D eigenvalue weighted by Crippen LogP contribution is 2.23. The fraction of sp³-hybridized carbons (Fsp3) is 0.409. The smallest absolute Gasteiger partial charge is 0.263 e. The normalized spacial score (nSPS) is 16.5. The van der Waals surface area contributed by atoms with Gasteiger partial charge in [-0.15, -0.1) is 0 Å². The number of aryl methyl sites for hydroxylation is 1. The summed E-state index contributed by atoms with van der Waals surface area (Å²) in [7, 11) is 0. The van der Waals surface area contributed by atoms with E-state index in [-0.39, 0.29) is 5.91 Å². The van der Waals surface area contributed by atoms with E-state index in [1.807, 2.05) is 43.0 Å². The Hall–Kier alpha value is -2.29. The van der Waals surface area contributed by atoms with E-state index >= 15 is 0 Å². The second-order valence-corrected chi connectivity index (χ2v) is 7.03. The van der Waals surface area contributed by atoms with Crippen LogP contribution in [0.2, 0.25) is 0 Å². The highest BCUT2D eigenvalue weighted by Gasteiger charge is 2.27. The molecule has 1 aliphatic rings. The van der Waals surface area contributed by atoms with Crippen LogP contribution in [-0.4, -0.2) is 30.0 Å². The van der Waals surface area contributed by atoms with Gasteiger partial charge in [0.1, 0.15) is 5.75 Å². The summed E-state index contributed by atoms with van der Waals surface area (Å²) in [6, 6.07) is 18.5. The molecule has 132 valence electrons. The summed E-state index contributed by atoms with van der Waals surface area (Å²) in [5, 5.41) is 0. The van der Waals surface area contributed by atoms with Gasteiger partial charge < -0.3 is 9.64 Å². The Morgan fingerprint density at radius 3 is 2.36 bits per heavy atom. The van der Waals surface area contributed by atoms with Crippen LogP contribution in [-0.2, 0) is 11.2 Å². The zero-order valence-electron chi connectivity index (χ0n) is 15.2. The molecule has 0 bridgehead atoms. The molecule has 2 aromatic carbocycles. The van der Waals surface area contributed by atoms with E-state index in [4.69, 9.17) is 4.74 Å². The summed E-state index contributed by atoms with van der Waals surface area (Å²) >= 11 is 0. The third kappa shape index (κ3) is 4.85. The summed E-state index contributed by atoms with van der Waals surface area (Å²) in [5.74, 6) is 1.52. The highest BCUT2D eigenvalue weighted by atomic mass is 16.5. The van der Waals surface area contributed by atoms with Crippen molar-refractivity contribution >= 4 is 5.91 Å². The first-order valence-electron chi connectivity index (χ1n) is 9.18. The largest absolute Gasteiger partial charge is 0.481 e. The van der Waals surface area contributed by atoms with Crippen molar-refractivity contribution in [1.82, 2.24) is 4.90 Å². The van der Waals surface area contributed by atoms with Crippen molar-refractivity contribution in [3.05, 3.63) is 65.7 Å². The van der Waals surface area contributed by atoms with Crippen molar-refractivity contribution in [2.45, 2.75) is 39.2 Å². The number of carbonyl (C=O) groups excluding carboxylic acids is 1. The van der Waals surface area contributed by atoms with Crippen LogP contribution in [0.5, 0.6) is 5.75 Å². The average Bonchev–Trinajstić information content (AvgIpc) is 2.64. The highest BCUT2D eigenvalue weighted by molar-refractivity contribution is 5.81. The van der Waals surface area contributed by atoms with Gasteiger partial charge >= 0.3 is 0 Å². The molecule has 1 atom stereocenters. The Kier molecular flexibility index (Phi) is 5.75. The molecule has 0 unspecified atom stereocenters. The minimum absolute atomic E-state index is 0.0961. The van der Waals surface area contributed by atoms with Crippen molar-refractivity contribution in [2.75, 3.05) is 13.1 Å². The molecule has 2 aromatic rings. The molecule has 1 aliphatic heterocycles. The molecule has 1 heterocycles. The summed E-state index contributed by atoms with van der Waals surface area (Å²) in [4.78, 5) is 14.6. The van der Waals surface area contributed by atoms with Crippen LogP contribution in [0.1, 0.15) is 30.9 Å². The van der Waals surface area contributed by atoms with E-state index in [1.54, 1.807) is 0 Å². The number of likely N-dealkylation sites (tertiary alicyclic amines) is 1. The van der Waals surface area contributed by atoms with E-state index in [2.05, 4.69) is 30.3 Å². The topological polar surface area (TPSA) is 29.5 Å². The molecule has 0 spiro atoms. The predicted octanol–water partition coefficient (Wildman–Crippen LogP) is 4.24.